The van der Waals surface area contributed by atoms with Crippen molar-refractivity contribution in [2.75, 3.05) is 11.9 Å². The van der Waals surface area contributed by atoms with Crippen LogP contribution < -0.4 is 15.4 Å². The van der Waals surface area contributed by atoms with Crippen LogP contribution in [0.25, 0.3) is 11.4 Å². The number of carbonyl (C=O) groups excluding carboxylic acids is 2. The van der Waals surface area contributed by atoms with Crippen molar-refractivity contribution in [2.24, 2.45) is 5.92 Å². The molecule has 2 aromatic heterocycles. The Kier molecular flexibility index (Phi) is 7.05. The van der Waals surface area contributed by atoms with Crippen molar-refractivity contribution in [3.63, 3.8) is 0 Å². The Morgan fingerprint density at radius 3 is 2.47 bits per heavy atom. The number of pyridine rings is 1. The van der Waals surface area contributed by atoms with Crippen molar-refractivity contribution < 1.29 is 23.1 Å². The number of nitrogens with one attached hydrogen (secondary N) is 2. The molecule has 8 nitrogen and oxygen atoms in total. The fourth-order valence-electron chi connectivity index (χ4n) is 3.91. The summed E-state index contributed by atoms with van der Waals surface area (Å²) >= 11 is 0. The highest BCUT2D eigenvalue weighted by atomic mass is 19.1. The van der Waals surface area contributed by atoms with Gasteiger partial charge < -0.3 is 15.4 Å². The molecule has 0 unspecified atom stereocenters. The normalized spacial score (nSPS) is 17.3. The van der Waals surface area contributed by atoms with Gasteiger partial charge >= 0.3 is 0 Å². The second-order valence-electron chi connectivity index (χ2n) is 8.03. The third-order valence-electron chi connectivity index (χ3n) is 5.53. The Bertz CT molecular complexity index is 1170. The summed E-state index contributed by atoms with van der Waals surface area (Å²) in [5.41, 5.74) is 0.326. The van der Waals surface area contributed by atoms with Gasteiger partial charge in [0.2, 0.25) is 5.91 Å². The predicted octanol–water partition coefficient (Wildman–Crippen LogP) is 3.75. The predicted molar refractivity (Wildman–Crippen MR) is 120 cm³/mol. The van der Waals surface area contributed by atoms with Crippen LogP contribution >= 0.6 is 0 Å². The second-order valence-corrected chi connectivity index (χ2v) is 8.03. The Morgan fingerprint density at radius 1 is 1.03 bits per heavy atom. The molecule has 1 fully saturated rings. The Hall–Kier alpha value is -3.95. The Balaban J connectivity index is 1.52. The third-order valence-corrected chi connectivity index (χ3v) is 5.53. The Labute approximate surface area is 194 Å². The molecule has 1 aliphatic carbocycles. The van der Waals surface area contributed by atoms with Gasteiger partial charge in [-0.1, -0.05) is 6.42 Å². The molecule has 2 amide bonds. The molecule has 4 rings (SSSR count). The highest BCUT2D eigenvalue weighted by Crippen LogP contribution is 2.28. The number of rotatable bonds is 7. The van der Waals surface area contributed by atoms with Gasteiger partial charge in [-0.05, 0) is 49.2 Å². The van der Waals surface area contributed by atoms with E-state index < -0.39 is 11.7 Å². The third kappa shape index (κ3) is 5.69. The van der Waals surface area contributed by atoms with Crippen LogP contribution in [-0.2, 0) is 4.79 Å². The molecule has 0 saturated heterocycles. The summed E-state index contributed by atoms with van der Waals surface area (Å²) in [5.74, 6) is -0.799. The van der Waals surface area contributed by atoms with E-state index in [1.54, 1.807) is 18.2 Å². The lowest BCUT2D eigenvalue weighted by molar-refractivity contribution is -0.114. The fraction of sp³-hybridized carbons (Fsp3) is 0.292. The number of amides is 2. The first-order chi connectivity index (χ1) is 16.4. The van der Waals surface area contributed by atoms with Crippen molar-refractivity contribution >= 4 is 17.6 Å². The van der Waals surface area contributed by atoms with Crippen LogP contribution in [0.5, 0.6) is 5.75 Å². The first kappa shape index (κ1) is 23.2. The lowest BCUT2D eigenvalue weighted by Crippen LogP contribution is -2.40. The average molecular weight is 467 g/mol. The molecule has 0 spiro atoms. The van der Waals surface area contributed by atoms with Crippen LogP contribution in [0.15, 0.2) is 48.8 Å². The van der Waals surface area contributed by atoms with Gasteiger partial charge in [0.15, 0.2) is 11.6 Å². The van der Waals surface area contributed by atoms with Crippen molar-refractivity contribution in [3.8, 4) is 17.1 Å². The average Bonchev–Trinajstić information content (AvgIpc) is 3.25. The van der Waals surface area contributed by atoms with Crippen LogP contribution in [0.1, 0.15) is 36.7 Å². The minimum Gasteiger partial charge on any atom is -0.493 e. The first-order valence-corrected chi connectivity index (χ1v) is 10.8. The number of benzene rings is 1. The molecule has 10 heteroatoms. The minimum absolute atomic E-state index is 0.0166. The molecular formula is C24H23F2N5O3. The van der Waals surface area contributed by atoms with E-state index in [2.05, 4.69) is 25.6 Å². The maximum Gasteiger partial charge on any atom is 0.270 e. The topological polar surface area (TPSA) is 106 Å². The molecule has 2 N–H and O–H groups in total. The molecule has 34 heavy (non-hydrogen) atoms. The Morgan fingerprint density at radius 2 is 1.76 bits per heavy atom. The summed E-state index contributed by atoms with van der Waals surface area (Å²) in [6.45, 7) is 1.70. The molecule has 2 atom stereocenters. The maximum absolute atomic E-state index is 13.3. The van der Waals surface area contributed by atoms with Crippen molar-refractivity contribution in [3.05, 3.63) is 66.1 Å². The highest BCUT2D eigenvalue weighted by molar-refractivity contribution is 5.99. The van der Waals surface area contributed by atoms with E-state index in [4.69, 9.17) is 4.74 Å². The molecular weight excluding hydrogens is 444 g/mol. The lowest BCUT2D eigenvalue weighted by Gasteiger charge is -2.22. The maximum atomic E-state index is 13.3. The van der Waals surface area contributed by atoms with Gasteiger partial charge in [-0.3, -0.25) is 9.59 Å². The van der Waals surface area contributed by atoms with Gasteiger partial charge in [-0.15, -0.1) is 0 Å². The number of aromatic nitrogens is 3. The number of hydrogen-bond acceptors (Lipinski definition) is 6. The standard InChI is InChI=1S/C24H23F2N5O3/c1-14(32)29-21-10-9-19(23-27-11-17(26)12-28-23)22(31-21)24(33)30-20-4-2-3-15(20)13-34-18-7-5-16(25)6-8-18/h5-12,15,20H,2-4,13H2,1H3,(H,30,33)(H,29,31,32)/t15-,20+/m1/s1. The van der Waals surface area contributed by atoms with E-state index in [0.29, 0.717) is 17.9 Å². The summed E-state index contributed by atoms with van der Waals surface area (Å²) in [7, 11) is 0. The summed E-state index contributed by atoms with van der Waals surface area (Å²) in [6.07, 6.45) is 4.54. The van der Waals surface area contributed by atoms with E-state index in [0.717, 1.165) is 31.7 Å². The van der Waals surface area contributed by atoms with Crippen molar-refractivity contribution in [1.82, 2.24) is 20.3 Å². The van der Waals surface area contributed by atoms with Crippen LogP contribution in [-0.4, -0.2) is 39.4 Å². The minimum atomic E-state index is -0.604. The molecule has 0 radical (unpaired) electrons. The van der Waals surface area contributed by atoms with Gasteiger partial charge in [0.1, 0.15) is 23.1 Å². The van der Waals surface area contributed by atoms with Crippen LogP contribution in [0.2, 0.25) is 0 Å². The van der Waals surface area contributed by atoms with Gasteiger partial charge in [0.05, 0.1) is 24.6 Å². The van der Waals surface area contributed by atoms with Crippen molar-refractivity contribution in [1.29, 1.82) is 0 Å². The highest BCUT2D eigenvalue weighted by Gasteiger charge is 2.31. The largest absolute Gasteiger partial charge is 0.493 e. The zero-order valence-corrected chi connectivity index (χ0v) is 18.4. The molecule has 2 heterocycles. The fourth-order valence-corrected chi connectivity index (χ4v) is 3.91. The van der Waals surface area contributed by atoms with Gasteiger partial charge in [0, 0.05) is 18.9 Å². The number of anilines is 1. The molecule has 1 aromatic carbocycles. The molecule has 176 valence electrons. The summed E-state index contributed by atoms with van der Waals surface area (Å²) in [6, 6.07) is 8.70. The van der Waals surface area contributed by atoms with E-state index in [9.17, 15) is 18.4 Å². The number of ether oxygens (including phenoxy) is 1. The van der Waals surface area contributed by atoms with E-state index in [1.165, 1.54) is 25.1 Å². The summed E-state index contributed by atoms with van der Waals surface area (Å²) in [5, 5.41) is 5.56. The summed E-state index contributed by atoms with van der Waals surface area (Å²) < 4.78 is 32.2. The number of hydrogen-bond donors (Lipinski definition) is 2. The first-order valence-electron chi connectivity index (χ1n) is 10.8. The van der Waals surface area contributed by atoms with E-state index >= 15 is 0 Å². The summed E-state index contributed by atoms with van der Waals surface area (Å²) in [4.78, 5) is 36.9. The van der Waals surface area contributed by atoms with Gasteiger partial charge in [-0.25, -0.2) is 23.7 Å². The van der Waals surface area contributed by atoms with Crippen LogP contribution in [0.3, 0.4) is 0 Å². The number of carbonyl (C=O) groups is 2. The van der Waals surface area contributed by atoms with Gasteiger partial charge in [0.25, 0.3) is 5.91 Å². The van der Waals surface area contributed by atoms with Gasteiger partial charge in [-0.2, -0.15) is 0 Å². The van der Waals surface area contributed by atoms with Crippen LogP contribution in [0.4, 0.5) is 14.6 Å². The second kappa shape index (κ2) is 10.3. The van der Waals surface area contributed by atoms with E-state index in [-0.39, 0.29) is 41.0 Å². The SMILES string of the molecule is CC(=O)Nc1ccc(-c2ncc(F)cn2)c(C(=O)N[C@H]2CCC[C@@H]2COc2ccc(F)cc2)n1. The van der Waals surface area contributed by atoms with E-state index in [1.807, 2.05) is 0 Å². The van der Waals surface area contributed by atoms with Crippen LogP contribution in [0, 0.1) is 17.6 Å². The van der Waals surface area contributed by atoms with Crippen molar-refractivity contribution in [2.45, 2.75) is 32.2 Å². The molecule has 1 aliphatic rings. The number of halogens is 2. The lowest BCUT2D eigenvalue weighted by atomic mass is 10.0. The smallest absolute Gasteiger partial charge is 0.270 e. The zero-order chi connectivity index (χ0) is 24.1. The molecule has 3 aromatic rings. The molecule has 1 saturated carbocycles. The zero-order valence-electron chi connectivity index (χ0n) is 18.4. The number of nitrogens with zero attached hydrogens (tertiary/aromatic N) is 3. The quantitative estimate of drug-likeness (QED) is 0.548. The molecule has 0 bridgehead atoms. The monoisotopic (exact) mass is 467 g/mol. The molecule has 0 aliphatic heterocycles.